The molecule has 0 bridgehead atoms. The summed E-state index contributed by atoms with van der Waals surface area (Å²) in [5.74, 6) is 1.60. The average molecular weight is 112 g/mol. The number of Topliss-reactive ketones (excluding diaryl/α,β-unsaturated/α-hetero) is 1. The summed E-state index contributed by atoms with van der Waals surface area (Å²) >= 11 is 0. The van der Waals surface area contributed by atoms with Crippen LogP contribution in [0.5, 0.6) is 0 Å². The van der Waals surface area contributed by atoms with Gasteiger partial charge in [-0.2, -0.15) is 0 Å². The van der Waals surface area contributed by atoms with Gasteiger partial charge in [0.15, 0.2) is 0 Å². The molecule has 2 atom stereocenters. The van der Waals surface area contributed by atoms with Crippen molar-refractivity contribution in [2.24, 2.45) is 11.8 Å². The average Bonchev–Trinajstić information content (AvgIpc) is 2.45. The zero-order chi connectivity index (χ0) is 6.15. The van der Waals surface area contributed by atoms with Crippen molar-refractivity contribution in [1.29, 1.82) is 0 Å². The van der Waals surface area contributed by atoms with Crippen molar-refractivity contribution in [3.63, 3.8) is 0 Å². The number of hydrogen-bond acceptors (Lipinski definition) is 1. The topological polar surface area (TPSA) is 17.1 Å². The normalized spacial score (nSPS) is 34.8. The first-order chi connectivity index (χ1) is 3.75. The highest BCUT2D eigenvalue weighted by Crippen LogP contribution is 2.38. The molecule has 0 amide bonds. The van der Waals surface area contributed by atoms with Gasteiger partial charge in [-0.3, -0.25) is 4.79 Å². The molecule has 1 aliphatic carbocycles. The van der Waals surface area contributed by atoms with E-state index < -0.39 is 0 Å². The van der Waals surface area contributed by atoms with Gasteiger partial charge in [-0.1, -0.05) is 13.8 Å². The van der Waals surface area contributed by atoms with E-state index in [1.54, 1.807) is 0 Å². The summed E-state index contributed by atoms with van der Waals surface area (Å²) in [6.45, 7) is 4.08. The van der Waals surface area contributed by atoms with Crippen molar-refractivity contribution in [2.45, 2.75) is 26.7 Å². The molecular weight excluding hydrogens is 100 g/mol. The Labute approximate surface area is 50.1 Å². The largest absolute Gasteiger partial charge is 0.299 e. The third-order valence-electron chi connectivity index (χ3n) is 1.87. The summed E-state index contributed by atoms with van der Waals surface area (Å²) in [7, 11) is 0. The van der Waals surface area contributed by atoms with Gasteiger partial charge in [0, 0.05) is 12.3 Å². The minimum Gasteiger partial charge on any atom is -0.299 e. The van der Waals surface area contributed by atoms with Gasteiger partial charge in [0.25, 0.3) is 0 Å². The molecule has 1 rings (SSSR count). The molecule has 0 heterocycles. The lowest BCUT2D eigenvalue weighted by Crippen LogP contribution is -1.97. The summed E-state index contributed by atoms with van der Waals surface area (Å²) in [4.78, 5) is 10.8. The number of carbonyl (C=O) groups excluding carboxylic acids is 1. The summed E-state index contributed by atoms with van der Waals surface area (Å²) in [6.07, 6.45) is 1.88. The van der Waals surface area contributed by atoms with Crippen LogP contribution in [0, 0.1) is 11.8 Å². The Morgan fingerprint density at radius 1 is 1.75 bits per heavy atom. The first-order valence-corrected chi connectivity index (χ1v) is 3.28. The highest BCUT2D eigenvalue weighted by molar-refractivity contribution is 5.83. The van der Waals surface area contributed by atoms with E-state index in [9.17, 15) is 4.79 Å². The van der Waals surface area contributed by atoms with Gasteiger partial charge in [0.05, 0.1) is 0 Å². The van der Waals surface area contributed by atoms with Crippen LogP contribution < -0.4 is 0 Å². The van der Waals surface area contributed by atoms with Gasteiger partial charge in [0.1, 0.15) is 5.78 Å². The molecule has 1 nitrogen and oxygen atoms in total. The predicted molar refractivity (Wildman–Crippen MR) is 32.6 cm³/mol. The predicted octanol–water partition coefficient (Wildman–Crippen LogP) is 1.62. The summed E-state index contributed by atoms with van der Waals surface area (Å²) in [6, 6.07) is 0. The monoisotopic (exact) mass is 112 g/mol. The standard InChI is InChI=1S/C7H12O/c1-3-7(8)6-4-5(6)2/h5-6H,3-4H2,1-2H3/t5-,6-/m1/s1. The van der Waals surface area contributed by atoms with Gasteiger partial charge in [-0.15, -0.1) is 0 Å². The van der Waals surface area contributed by atoms with Crippen LogP contribution in [0.15, 0.2) is 0 Å². The maximum atomic E-state index is 10.8. The van der Waals surface area contributed by atoms with Crippen molar-refractivity contribution >= 4 is 5.78 Å². The van der Waals surface area contributed by atoms with Crippen LogP contribution in [0.3, 0.4) is 0 Å². The molecule has 1 heteroatoms. The van der Waals surface area contributed by atoms with E-state index in [0.29, 0.717) is 17.6 Å². The Kier molecular flexibility index (Phi) is 1.37. The SMILES string of the molecule is CCC(=O)[C@@H]1C[C@H]1C. The first-order valence-electron chi connectivity index (χ1n) is 3.28. The number of hydrogen-bond donors (Lipinski definition) is 0. The van der Waals surface area contributed by atoms with Crippen molar-refractivity contribution in [3.05, 3.63) is 0 Å². The molecule has 0 aromatic rings. The van der Waals surface area contributed by atoms with Gasteiger partial charge < -0.3 is 0 Å². The zero-order valence-corrected chi connectivity index (χ0v) is 5.48. The van der Waals surface area contributed by atoms with E-state index in [1.807, 2.05) is 6.92 Å². The smallest absolute Gasteiger partial charge is 0.135 e. The second-order valence-electron chi connectivity index (χ2n) is 2.64. The Hall–Kier alpha value is -0.330. The highest BCUT2D eigenvalue weighted by Gasteiger charge is 2.37. The molecule has 1 saturated carbocycles. The van der Waals surface area contributed by atoms with E-state index in [2.05, 4.69) is 6.92 Å². The first kappa shape index (κ1) is 5.80. The van der Waals surface area contributed by atoms with Gasteiger partial charge >= 0.3 is 0 Å². The lowest BCUT2D eigenvalue weighted by Gasteiger charge is -1.87. The van der Waals surface area contributed by atoms with Crippen LogP contribution >= 0.6 is 0 Å². The fourth-order valence-electron chi connectivity index (χ4n) is 1.03. The van der Waals surface area contributed by atoms with E-state index in [-0.39, 0.29) is 0 Å². The molecule has 0 N–H and O–H groups in total. The lowest BCUT2D eigenvalue weighted by atomic mass is 10.2. The van der Waals surface area contributed by atoms with E-state index in [1.165, 1.54) is 0 Å². The molecule has 8 heavy (non-hydrogen) atoms. The van der Waals surface area contributed by atoms with Crippen molar-refractivity contribution in [1.82, 2.24) is 0 Å². The second kappa shape index (κ2) is 1.88. The van der Waals surface area contributed by atoms with Crippen LogP contribution in [-0.2, 0) is 4.79 Å². The molecule has 0 aromatic heterocycles. The lowest BCUT2D eigenvalue weighted by molar-refractivity contribution is -0.120. The molecule has 0 unspecified atom stereocenters. The fourth-order valence-corrected chi connectivity index (χ4v) is 1.03. The minimum atomic E-state index is 0.444. The summed E-state index contributed by atoms with van der Waals surface area (Å²) in [5, 5.41) is 0. The number of ketones is 1. The number of rotatable bonds is 2. The Balaban J connectivity index is 2.28. The van der Waals surface area contributed by atoms with Crippen molar-refractivity contribution in [2.75, 3.05) is 0 Å². The van der Waals surface area contributed by atoms with Crippen molar-refractivity contribution in [3.8, 4) is 0 Å². The molecule has 0 aliphatic heterocycles. The fraction of sp³-hybridized carbons (Fsp3) is 0.857. The minimum absolute atomic E-state index is 0.444. The van der Waals surface area contributed by atoms with E-state index >= 15 is 0 Å². The highest BCUT2D eigenvalue weighted by atomic mass is 16.1. The maximum Gasteiger partial charge on any atom is 0.135 e. The molecule has 46 valence electrons. The Bertz CT molecular complexity index is 107. The van der Waals surface area contributed by atoms with Gasteiger partial charge in [-0.25, -0.2) is 0 Å². The molecule has 1 fully saturated rings. The van der Waals surface area contributed by atoms with E-state index in [4.69, 9.17) is 0 Å². The third kappa shape index (κ3) is 0.908. The molecule has 0 aromatic carbocycles. The Morgan fingerprint density at radius 2 is 2.25 bits per heavy atom. The molecule has 1 aliphatic rings. The quantitative estimate of drug-likeness (QED) is 0.530. The van der Waals surface area contributed by atoms with Crippen LogP contribution in [0.4, 0.5) is 0 Å². The zero-order valence-electron chi connectivity index (χ0n) is 5.48. The second-order valence-corrected chi connectivity index (χ2v) is 2.64. The third-order valence-corrected chi connectivity index (χ3v) is 1.87. The van der Waals surface area contributed by atoms with Crippen LogP contribution in [-0.4, -0.2) is 5.78 Å². The molecule has 0 saturated heterocycles. The van der Waals surface area contributed by atoms with Crippen LogP contribution in [0.2, 0.25) is 0 Å². The summed E-state index contributed by atoms with van der Waals surface area (Å²) in [5.41, 5.74) is 0. The van der Waals surface area contributed by atoms with E-state index in [0.717, 1.165) is 12.8 Å². The van der Waals surface area contributed by atoms with Gasteiger partial charge in [-0.05, 0) is 12.3 Å². The Morgan fingerprint density at radius 3 is 2.38 bits per heavy atom. The number of carbonyl (C=O) groups is 1. The molecule has 0 spiro atoms. The van der Waals surface area contributed by atoms with Gasteiger partial charge in [0.2, 0.25) is 0 Å². The molecule has 0 radical (unpaired) electrons. The van der Waals surface area contributed by atoms with Crippen LogP contribution in [0.1, 0.15) is 26.7 Å². The summed E-state index contributed by atoms with van der Waals surface area (Å²) < 4.78 is 0. The van der Waals surface area contributed by atoms with Crippen molar-refractivity contribution < 1.29 is 4.79 Å². The molecular formula is C7H12O. The maximum absolute atomic E-state index is 10.8. The van der Waals surface area contributed by atoms with Crippen LogP contribution in [0.25, 0.3) is 0 Å².